The maximum absolute atomic E-state index is 13.3. The third-order valence-electron chi connectivity index (χ3n) is 5.17. The van der Waals surface area contributed by atoms with Gasteiger partial charge < -0.3 is 9.47 Å². The van der Waals surface area contributed by atoms with Crippen LogP contribution in [0.2, 0.25) is 0 Å². The van der Waals surface area contributed by atoms with Crippen molar-refractivity contribution < 1.29 is 14.3 Å². The van der Waals surface area contributed by atoms with Crippen LogP contribution in [0.5, 0.6) is 5.75 Å². The molecule has 1 aliphatic heterocycles. The van der Waals surface area contributed by atoms with Crippen molar-refractivity contribution in [3.63, 3.8) is 0 Å². The molecule has 150 valence electrons. The number of carbonyl (C=O) groups is 1. The zero-order valence-corrected chi connectivity index (χ0v) is 17.0. The van der Waals surface area contributed by atoms with E-state index in [1.54, 1.807) is 0 Å². The summed E-state index contributed by atoms with van der Waals surface area (Å²) in [6, 6.07) is 17.7. The molecule has 0 saturated carbocycles. The Morgan fingerprint density at radius 2 is 1.71 bits per heavy atom. The minimum absolute atomic E-state index is 0.159. The van der Waals surface area contributed by atoms with Crippen molar-refractivity contribution in [1.29, 1.82) is 0 Å². The molecule has 1 atom stereocenters. The van der Waals surface area contributed by atoms with Crippen LogP contribution in [0.3, 0.4) is 0 Å². The molecule has 0 amide bonds. The Bertz CT molecular complexity index is 721. The first-order valence-corrected chi connectivity index (χ1v) is 10.3. The molecular weight excluding hydrogens is 350 g/mol. The van der Waals surface area contributed by atoms with Gasteiger partial charge in [0.25, 0.3) is 0 Å². The van der Waals surface area contributed by atoms with Crippen LogP contribution >= 0.6 is 0 Å². The molecule has 0 N–H and O–H groups in total. The number of ketones is 1. The molecule has 4 nitrogen and oxygen atoms in total. The van der Waals surface area contributed by atoms with E-state index in [1.807, 2.05) is 54.6 Å². The molecule has 28 heavy (non-hydrogen) atoms. The second-order valence-corrected chi connectivity index (χ2v) is 7.80. The minimum Gasteiger partial charge on any atom is -0.494 e. The Hall–Kier alpha value is -2.17. The van der Waals surface area contributed by atoms with Crippen LogP contribution in [0.4, 0.5) is 0 Å². The van der Waals surface area contributed by atoms with Gasteiger partial charge in [0, 0.05) is 25.2 Å². The molecule has 0 aromatic heterocycles. The molecule has 1 fully saturated rings. The molecule has 0 aliphatic carbocycles. The molecule has 1 saturated heterocycles. The molecule has 1 aliphatic rings. The Balaban J connectivity index is 1.71. The van der Waals surface area contributed by atoms with Crippen LogP contribution < -0.4 is 4.74 Å². The number of hydrogen-bond acceptors (Lipinski definition) is 4. The second kappa shape index (κ2) is 10.4. The van der Waals surface area contributed by atoms with Gasteiger partial charge in [0.15, 0.2) is 5.78 Å². The van der Waals surface area contributed by atoms with Crippen molar-refractivity contribution in [2.24, 2.45) is 5.92 Å². The topological polar surface area (TPSA) is 38.8 Å². The number of Topliss-reactive ketones (excluding diaryl/α,β-unsaturated/α-hetero) is 1. The quantitative estimate of drug-likeness (QED) is 0.603. The summed E-state index contributed by atoms with van der Waals surface area (Å²) in [7, 11) is 0. The van der Waals surface area contributed by atoms with Gasteiger partial charge in [-0.2, -0.15) is 0 Å². The van der Waals surface area contributed by atoms with Crippen molar-refractivity contribution >= 4 is 5.78 Å². The Labute approximate surface area is 168 Å². The van der Waals surface area contributed by atoms with E-state index >= 15 is 0 Å². The highest BCUT2D eigenvalue weighted by atomic mass is 16.5. The maximum Gasteiger partial charge on any atom is 0.171 e. The number of carbonyl (C=O) groups excluding carboxylic acids is 1. The second-order valence-electron chi connectivity index (χ2n) is 7.80. The normalized spacial score (nSPS) is 16.1. The summed E-state index contributed by atoms with van der Waals surface area (Å²) in [6.07, 6.45) is 1.02. The number of ether oxygens (including phenoxy) is 2. The Morgan fingerprint density at radius 1 is 1.04 bits per heavy atom. The van der Waals surface area contributed by atoms with E-state index < -0.39 is 0 Å². The van der Waals surface area contributed by atoms with E-state index in [0.717, 1.165) is 56.1 Å². The summed E-state index contributed by atoms with van der Waals surface area (Å²) in [4.78, 5) is 15.7. The lowest BCUT2D eigenvalue weighted by Gasteiger charge is -2.30. The van der Waals surface area contributed by atoms with E-state index in [0.29, 0.717) is 12.5 Å². The summed E-state index contributed by atoms with van der Waals surface area (Å²) >= 11 is 0. The van der Waals surface area contributed by atoms with Crippen LogP contribution in [0.1, 0.15) is 42.1 Å². The van der Waals surface area contributed by atoms with Crippen molar-refractivity contribution in [3.05, 3.63) is 65.7 Å². The fraction of sp³-hybridized carbons (Fsp3) is 0.458. The van der Waals surface area contributed by atoms with Gasteiger partial charge in [-0.05, 0) is 42.2 Å². The molecule has 3 rings (SSSR count). The Kier molecular flexibility index (Phi) is 7.63. The highest BCUT2D eigenvalue weighted by Crippen LogP contribution is 2.24. The van der Waals surface area contributed by atoms with Crippen LogP contribution in [-0.4, -0.2) is 50.1 Å². The highest BCUT2D eigenvalue weighted by molar-refractivity contribution is 6.01. The SMILES string of the molecule is CC(C)CCOc1ccc(C(=O)[C@H](CN2CCOCC2)c2ccccc2)cc1. The maximum atomic E-state index is 13.3. The smallest absolute Gasteiger partial charge is 0.171 e. The lowest BCUT2D eigenvalue weighted by atomic mass is 9.90. The largest absolute Gasteiger partial charge is 0.494 e. The van der Waals surface area contributed by atoms with Gasteiger partial charge in [0.1, 0.15) is 5.75 Å². The first-order chi connectivity index (χ1) is 13.6. The number of nitrogens with zero attached hydrogens (tertiary/aromatic N) is 1. The van der Waals surface area contributed by atoms with E-state index in [9.17, 15) is 4.79 Å². The van der Waals surface area contributed by atoms with Gasteiger partial charge in [-0.3, -0.25) is 9.69 Å². The number of hydrogen-bond donors (Lipinski definition) is 0. The molecule has 0 bridgehead atoms. The fourth-order valence-electron chi connectivity index (χ4n) is 3.40. The third-order valence-corrected chi connectivity index (χ3v) is 5.17. The lowest BCUT2D eigenvalue weighted by Crippen LogP contribution is -2.40. The number of morpholine rings is 1. The van der Waals surface area contributed by atoms with Gasteiger partial charge in [-0.15, -0.1) is 0 Å². The first kappa shape index (κ1) is 20.6. The van der Waals surface area contributed by atoms with E-state index in [1.165, 1.54) is 0 Å². The van der Waals surface area contributed by atoms with Crippen LogP contribution in [-0.2, 0) is 4.74 Å². The summed E-state index contributed by atoms with van der Waals surface area (Å²) in [6.45, 7) is 9.01. The fourth-order valence-corrected chi connectivity index (χ4v) is 3.40. The van der Waals surface area contributed by atoms with Gasteiger partial charge in [0.2, 0.25) is 0 Å². The predicted octanol–water partition coefficient (Wildman–Crippen LogP) is 4.41. The average molecular weight is 382 g/mol. The highest BCUT2D eigenvalue weighted by Gasteiger charge is 2.25. The first-order valence-electron chi connectivity index (χ1n) is 10.3. The molecule has 2 aromatic carbocycles. The van der Waals surface area contributed by atoms with E-state index in [-0.39, 0.29) is 11.7 Å². The van der Waals surface area contributed by atoms with E-state index in [2.05, 4.69) is 18.7 Å². The van der Waals surface area contributed by atoms with Crippen LogP contribution in [0, 0.1) is 5.92 Å². The van der Waals surface area contributed by atoms with E-state index in [4.69, 9.17) is 9.47 Å². The lowest BCUT2D eigenvalue weighted by molar-refractivity contribution is 0.0345. The van der Waals surface area contributed by atoms with Crippen molar-refractivity contribution in [2.45, 2.75) is 26.2 Å². The van der Waals surface area contributed by atoms with Crippen LogP contribution in [0.25, 0.3) is 0 Å². The average Bonchev–Trinajstić information content (AvgIpc) is 2.73. The van der Waals surface area contributed by atoms with Gasteiger partial charge in [0.05, 0.1) is 25.7 Å². The van der Waals surface area contributed by atoms with Crippen molar-refractivity contribution in [2.75, 3.05) is 39.5 Å². The molecular formula is C24H31NO3. The summed E-state index contributed by atoms with van der Waals surface area (Å²) in [5.74, 6) is 1.42. The monoisotopic (exact) mass is 381 g/mol. The Morgan fingerprint density at radius 3 is 2.36 bits per heavy atom. The molecule has 0 spiro atoms. The van der Waals surface area contributed by atoms with Gasteiger partial charge in [-0.25, -0.2) is 0 Å². The zero-order chi connectivity index (χ0) is 19.8. The third kappa shape index (κ3) is 5.91. The molecule has 2 aromatic rings. The van der Waals surface area contributed by atoms with Crippen LogP contribution in [0.15, 0.2) is 54.6 Å². The zero-order valence-electron chi connectivity index (χ0n) is 17.0. The van der Waals surface area contributed by atoms with Gasteiger partial charge >= 0.3 is 0 Å². The molecule has 0 unspecified atom stereocenters. The summed E-state index contributed by atoms with van der Waals surface area (Å²) in [5, 5.41) is 0. The molecule has 4 heteroatoms. The number of rotatable bonds is 9. The standard InChI is InChI=1S/C24H31NO3/c1-19(2)12-15-28-22-10-8-21(9-11-22)24(26)23(20-6-4-3-5-7-20)18-25-13-16-27-17-14-25/h3-11,19,23H,12-18H2,1-2H3/t23-/m1/s1. The van der Waals surface area contributed by atoms with Crippen molar-refractivity contribution in [1.82, 2.24) is 4.90 Å². The number of benzene rings is 2. The summed E-state index contributed by atoms with van der Waals surface area (Å²) < 4.78 is 11.2. The van der Waals surface area contributed by atoms with Gasteiger partial charge in [-0.1, -0.05) is 44.2 Å². The summed E-state index contributed by atoms with van der Waals surface area (Å²) in [5.41, 5.74) is 1.80. The molecule has 0 radical (unpaired) electrons. The minimum atomic E-state index is -0.174. The van der Waals surface area contributed by atoms with Crippen molar-refractivity contribution in [3.8, 4) is 5.75 Å². The molecule has 1 heterocycles. The predicted molar refractivity (Wildman–Crippen MR) is 112 cm³/mol.